The Morgan fingerprint density at radius 3 is 2.52 bits per heavy atom. The highest BCUT2D eigenvalue weighted by molar-refractivity contribution is 5.91. The van der Waals surface area contributed by atoms with Gasteiger partial charge in [0.15, 0.2) is 0 Å². The number of esters is 1. The number of ether oxygens (including phenoxy) is 2. The van der Waals surface area contributed by atoms with E-state index >= 15 is 0 Å². The molecule has 0 radical (unpaired) electrons. The Morgan fingerprint density at radius 1 is 1.35 bits per heavy atom. The van der Waals surface area contributed by atoms with Gasteiger partial charge in [0.2, 0.25) is 0 Å². The van der Waals surface area contributed by atoms with Gasteiger partial charge < -0.3 is 14.8 Å². The van der Waals surface area contributed by atoms with Crippen molar-refractivity contribution in [2.24, 2.45) is 10.9 Å². The minimum atomic E-state index is -0.536. The van der Waals surface area contributed by atoms with Crippen LogP contribution in [0, 0.1) is 5.92 Å². The Kier molecular flexibility index (Phi) is 6.84. The summed E-state index contributed by atoms with van der Waals surface area (Å²) in [5.41, 5.74) is -0.536. The summed E-state index contributed by atoms with van der Waals surface area (Å²) in [4.78, 5) is 30.0. The third-order valence-corrected chi connectivity index (χ3v) is 3.20. The molecule has 1 unspecified atom stereocenters. The van der Waals surface area contributed by atoms with Crippen LogP contribution in [0.4, 0.5) is 4.79 Å². The Balaban J connectivity index is 2.68. The summed E-state index contributed by atoms with van der Waals surface area (Å²) in [6.07, 6.45) is 0.267. The zero-order valence-electron chi connectivity index (χ0n) is 15.0. The van der Waals surface area contributed by atoms with E-state index in [0.29, 0.717) is 37.8 Å². The number of aliphatic imine (C=N–C) groups is 1. The normalized spacial score (nSPS) is 16.7. The summed E-state index contributed by atoms with van der Waals surface area (Å²) >= 11 is 0. The van der Waals surface area contributed by atoms with Crippen LogP contribution in [0.25, 0.3) is 0 Å². The number of amides is 1. The fourth-order valence-electron chi connectivity index (χ4n) is 2.22. The lowest BCUT2D eigenvalue weighted by molar-refractivity contribution is -0.143. The summed E-state index contributed by atoms with van der Waals surface area (Å²) in [6.45, 7) is 10.9. The number of nitrogens with zero attached hydrogens (tertiary/aromatic N) is 2. The van der Waals surface area contributed by atoms with Crippen LogP contribution in [-0.4, -0.2) is 61.2 Å². The first-order valence-corrected chi connectivity index (χ1v) is 7.98. The number of carbonyl (C=O) groups is 2. The maximum atomic E-state index is 12.1. The molecule has 7 nitrogen and oxygen atoms in total. The van der Waals surface area contributed by atoms with Crippen molar-refractivity contribution >= 4 is 17.9 Å². The second-order valence-electron chi connectivity index (χ2n) is 7.08. The summed E-state index contributed by atoms with van der Waals surface area (Å²) in [6, 6.07) is -0.461. The lowest BCUT2D eigenvalue weighted by Gasteiger charge is -2.31. The van der Waals surface area contributed by atoms with Crippen molar-refractivity contribution in [1.29, 1.82) is 0 Å². The average Bonchev–Trinajstić information content (AvgIpc) is 2.43. The largest absolute Gasteiger partial charge is 0.467 e. The van der Waals surface area contributed by atoms with Crippen molar-refractivity contribution in [1.82, 2.24) is 10.2 Å². The predicted octanol–water partition coefficient (Wildman–Crippen LogP) is 1.81. The van der Waals surface area contributed by atoms with E-state index < -0.39 is 11.6 Å². The Morgan fingerprint density at radius 2 is 2.00 bits per heavy atom. The van der Waals surface area contributed by atoms with Crippen LogP contribution in [0.2, 0.25) is 0 Å². The average molecular weight is 327 g/mol. The van der Waals surface area contributed by atoms with Gasteiger partial charge in [-0.1, -0.05) is 13.8 Å². The molecule has 1 N–H and O–H groups in total. The van der Waals surface area contributed by atoms with Gasteiger partial charge in [-0.2, -0.15) is 0 Å². The summed E-state index contributed by atoms with van der Waals surface area (Å²) in [7, 11) is 1.37. The van der Waals surface area contributed by atoms with Gasteiger partial charge in [-0.15, -0.1) is 0 Å². The van der Waals surface area contributed by atoms with Crippen molar-refractivity contribution in [3.8, 4) is 0 Å². The minimum Gasteiger partial charge on any atom is -0.467 e. The fraction of sp³-hybridized carbons (Fsp3) is 0.812. The molecule has 1 heterocycles. The van der Waals surface area contributed by atoms with E-state index in [1.165, 1.54) is 7.11 Å². The smallest absolute Gasteiger partial charge is 0.410 e. The molecule has 7 heteroatoms. The van der Waals surface area contributed by atoms with Gasteiger partial charge in [0.1, 0.15) is 17.5 Å². The van der Waals surface area contributed by atoms with E-state index in [4.69, 9.17) is 9.47 Å². The molecular formula is C16H29N3O4. The van der Waals surface area contributed by atoms with Crippen molar-refractivity contribution in [2.45, 2.75) is 52.7 Å². The highest BCUT2D eigenvalue weighted by atomic mass is 16.6. The molecule has 0 aromatic rings. The van der Waals surface area contributed by atoms with E-state index in [2.05, 4.69) is 10.3 Å². The van der Waals surface area contributed by atoms with Crippen molar-refractivity contribution in [3.63, 3.8) is 0 Å². The van der Waals surface area contributed by atoms with E-state index in [0.717, 1.165) is 0 Å². The zero-order valence-corrected chi connectivity index (χ0v) is 15.0. The number of nitrogens with one attached hydrogen (secondary N) is 1. The highest BCUT2D eigenvalue weighted by Gasteiger charge is 2.27. The second-order valence-corrected chi connectivity index (χ2v) is 7.08. The van der Waals surface area contributed by atoms with Crippen molar-refractivity contribution < 1.29 is 19.1 Å². The van der Waals surface area contributed by atoms with Crippen molar-refractivity contribution in [2.75, 3.05) is 26.7 Å². The highest BCUT2D eigenvalue weighted by Crippen LogP contribution is 2.12. The lowest BCUT2D eigenvalue weighted by Crippen LogP contribution is -2.51. The molecular weight excluding hydrogens is 298 g/mol. The monoisotopic (exact) mass is 327 g/mol. The Hall–Kier alpha value is -1.79. The van der Waals surface area contributed by atoms with Gasteiger partial charge >= 0.3 is 12.1 Å². The van der Waals surface area contributed by atoms with Crippen LogP contribution in [0.1, 0.15) is 41.0 Å². The molecule has 0 aromatic carbocycles. The zero-order chi connectivity index (χ0) is 17.6. The summed E-state index contributed by atoms with van der Waals surface area (Å²) in [5, 5.41) is 3.11. The fourth-order valence-corrected chi connectivity index (χ4v) is 2.22. The van der Waals surface area contributed by atoms with Gasteiger partial charge in [0.25, 0.3) is 0 Å². The van der Waals surface area contributed by atoms with Crippen molar-refractivity contribution in [3.05, 3.63) is 0 Å². The van der Waals surface area contributed by atoms with E-state index in [9.17, 15) is 9.59 Å². The van der Waals surface area contributed by atoms with Crippen LogP contribution >= 0.6 is 0 Å². The first-order chi connectivity index (χ1) is 10.6. The molecule has 0 aromatic heterocycles. The number of hydrogen-bond acceptors (Lipinski definition) is 6. The van der Waals surface area contributed by atoms with Crippen LogP contribution in [0.3, 0.4) is 0 Å². The maximum Gasteiger partial charge on any atom is 0.410 e. The Labute approximate surface area is 138 Å². The van der Waals surface area contributed by atoms with Crippen LogP contribution in [-0.2, 0) is 14.3 Å². The standard InChI is InChI=1S/C16H29N3O4/c1-11(2)9-12(14(20)22-6)18-13-10-19(8-7-17-13)15(21)23-16(3,4)5/h11-12H,7-10H2,1-6H3,(H,17,18). The topological polar surface area (TPSA) is 80.2 Å². The number of amidine groups is 1. The molecule has 1 amide bonds. The molecule has 132 valence electrons. The molecule has 0 aliphatic carbocycles. The molecule has 0 saturated carbocycles. The molecule has 0 fully saturated rings. The van der Waals surface area contributed by atoms with Crippen LogP contribution in [0.5, 0.6) is 0 Å². The van der Waals surface area contributed by atoms with E-state index in [-0.39, 0.29) is 12.1 Å². The number of carbonyl (C=O) groups excluding carboxylic acids is 2. The lowest BCUT2D eigenvalue weighted by atomic mass is 10.0. The summed E-state index contributed by atoms with van der Waals surface area (Å²) < 4.78 is 10.2. The molecule has 23 heavy (non-hydrogen) atoms. The predicted molar refractivity (Wildman–Crippen MR) is 88.5 cm³/mol. The molecule has 0 saturated heterocycles. The SMILES string of the molecule is COC(=O)C(CC(C)C)NC1=NCCN(C(=O)OC(C)(C)C)C1. The maximum absolute atomic E-state index is 12.1. The number of methoxy groups -OCH3 is 1. The molecule has 0 spiro atoms. The third kappa shape index (κ3) is 6.88. The van der Waals surface area contributed by atoms with Gasteiger partial charge in [-0.25, -0.2) is 9.59 Å². The molecule has 0 bridgehead atoms. The first kappa shape index (κ1) is 19.3. The minimum absolute atomic E-state index is 0.306. The molecule has 1 rings (SSSR count). The first-order valence-electron chi connectivity index (χ1n) is 7.98. The number of rotatable bonds is 4. The van der Waals surface area contributed by atoms with Gasteiger partial charge in [-0.3, -0.25) is 9.89 Å². The Bertz CT molecular complexity index is 455. The molecule has 1 aliphatic rings. The van der Waals surface area contributed by atoms with Crippen LogP contribution in [0.15, 0.2) is 4.99 Å². The van der Waals surface area contributed by atoms with Gasteiger partial charge in [-0.05, 0) is 33.1 Å². The second kappa shape index (κ2) is 8.17. The van der Waals surface area contributed by atoms with E-state index in [1.54, 1.807) is 4.90 Å². The van der Waals surface area contributed by atoms with Crippen LogP contribution < -0.4 is 5.32 Å². The van der Waals surface area contributed by atoms with Gasteiger partial charge in [0.05, 0.1) is 20.2 Å². The quantitative estimate of drug-likeness (QED) is 0.797. The van der Waals surface area contributed by atoms with Gasteiger partial charge in [0, 0.05) is 6.54 Å². The number of hydrogen-bond donors (Lipinski definition) is 1. The third-order valence-electron chi connectivity index (χ3n) is 3.20. The molecule has 1 aliphatic heterocycles. The van der Waals surface area contributed by atoms with E-state index in [1.807, 2.05) is 34.6 Å². The summed E-state index contributed by atoms with van der Waals surface area (Å²) in [5.74, 6) is 0.617. The molecule has 1 atom stereocenters.